The molecule has 0 aromatic heterocycles. The largest absolute Gasteiger partial charge is 0.383 e. The molecule has 1 fully saturated rings. The fourth-order valence-electron chi connectivity index (χ4n) is 2.70. The summed E-state index contributed by atoms with van der Waals surface area (Å²) in [7, 11) is -1.68. The van der Waals surface area contributed by atoms with E-state index in [0.29, 0.717) is 12.1 Å². The second-order valence-electron chi connectivity index (χ2n) is 5.97. The Kier molecular flexibility index (Phi) is 6.59. The molecule has 1 heterocycles. The molecule has 1 atom stereocenters. The first-order valence-corrected chi connectivity index (χ1v) is 10.4. The van der Waals surface area contributed by atoms with Crippen LogP contribution in [0.5, 0.6) is 0 Å². The van der Waals surface area contributed by atoms with Gasteiger partial charge in [0.2, 0.25) is 0 Å². The lowest BCUT2D eigenvalue weighted by Gasteiger charge is -2.27. The van der Waals surface area contributed by atoms with Crippen LogP contribution in [0.15, 0.2) is 22.7 Å². The van der Waals surface area contributed by atoms with Crippen molar-refractivity contribution < 1.29 is 22.7 Å². The van der Waals surface area contributed by atoms with E-state index in [9.17, 15) is 18.0 Å². The number of carbonyl (C=O) groups excluding carboxylic acids is 2. The molecule has 0 spiro atoms. The lowest BCUT2D eigenvalue weighted by atomic mass is 10.2. The van der Waals surface area contributed by atoms with Gasteiger partial charge in [-0.3, -0.25) is 9.59 Å². The first-order chi connectivity index (χ1) is 11.7. The van der Waals surface area contributed by atoms with Crippen molar-refractivity contribution in [3.8, 4) is 0 Å². The molecule has 1 unspecified atom stereocenters. The summed E-state index contributed by atoms with van der Waals surface area (Å²) in [5.74, 6) is -1.63. The van der Waals surface area contributed by atoms with Crippen LogP contribution in [0.1, 0.15) is 12.0 Å². The third-order valence-electron chi connectivity index (χ3n) is 4.06. The Labute approximate surface area is 155 Å². The van der Waals surface area contributed by atoms with E-state index in [-0.39, 0.29) is 24.7 Å². The maximum absolute atomic E-state index is 12.6. The summed E-state index contributed by atoms with van der Waals surface area (Å²) in [5, 5.41) is 2.57. The van der Waals surface area contributed by atoms with Crippen LogP contribution in [0.25, 0.3) is 0 Å². The lowest BCUT2D eigenvalue weighted by Crippen LogP contribution is -2.47. The molecule has 0 aliphatic carbocycles. The summed E-state index contributed by atoms with van der Waals surface area (Å²) < 4.78 is 29.3. The van der Waals surface area contributed by atoms with Gasteiger partial charge in [0.25, 0.3) is 0 Å². The number of amides is 2. The smallest absolute Gasteiger partial charge is 0.313 e. The van der Waals surface area contributed by atoms with E-state index in [1.807, 2.05) is 6.92 Å². The van der Waals surface area contributed by atoms with Crippen molar-refractivity contribution in [1.29, 1.82) is 0 Å². The maximum atomic E-state index is 12.6. The maximum Gasteiger partial charge on any atom is 0.313 e. The molecule has 9 heteroatoms. The number of nitrogens with zero attached hydrogens (tertiary/aromatic N) is 1. The number of benzene rings is 1. The molecule has 1 aliphatic heterocycles. The molecular formula is C16H21BrN2O5S. The molecule has 25 heavy (non-hydrogen) atoms. The normalized spacial score (nSPS) is 18.8. The zero-order chi connectivity index (χ0) is 18.6. The average Bonchev–Trinajstić information content (AvgIpc) is 2.91. The summed E-state index contributed by atoms with van der Waals surface area (Å²) in [5.41, 5.74) is 1.42. The van der Waals surface area contributed by atoms with Gasteiger partial charge >= 0.3 is 11.8 Å². The van der Waals surface area contributed by atoms with Crippen LogP contribution in [0.3, 0.4) is 0 Å². The Morgan fingerprint density at radius 1 is 1.40 bits per heavy atom. The number of hydrogen-bond donors (Lipinski definition) is 1. The number of sulfone groups is 1. The third kappa shape index (κ3) is 5.26. The SMILES string of the molecule is COCCN(C(=O)C(=O)Nc1ccc(Br)c(C)c1)C1CCS(=O)(=O)C1. The minimum Gasteiger partial charge on any atom is -0.383 e. The van der Waals surface area contributed by atoms with Gasteiger partial charge in [-0.1, -0.05) is 15.9 Å². The summed E-state index contributed by atoms with van der Waals surface area (Å²) in [6.45, 7) is 2.27. The highest BCUT2D eigenvalue weighted by atomic mass is 79.9. The van der Waals surface area contributed by atoms with Crippen molar-refractivity contribution in [1.82, 2.24) is 4.90 Å². The molecule has 1 N–H and O–H groups in total. The zero-order valence-electron chi connectivity index (χ0n) is 14.1. The van der Waals surface area contributed by atoms with Crippen LogP contribution in [0.4, 0.5) is 5.69 Å². The van der Waals surface area contributed by atoms with Crippen LogP contribution < -0.4 is 5.32 Å². The number of rotatable bonds is 5. The lowest BCUT2D eigenvalue weighted by molar-refractivity contribution is -0.144. The van der Waals surface area contributed by atoms with E-state index >= 15 is 0 Å². The number of carbonyl (C=O) groups is 2. The summed E-state index contributed by atoms with van der Waals surface area (Å²) in [6, 6.07) is 4.71. The van der Waals surface area contributed by atoms with Crippen LogP contribution in [0.2, 0.25) is 0 Å². The Bertz CT molecular complexity index is 766. The number of aryl methyl sites for hydroxylation is 1. The molecular weight excluding hydrogens is 412 g/mol. The van der Waals surface area contributed by atoms with Gasteiger partial charge in [-0.2, -0.15) is 0 Å². The number of nitrogens with one attached hydrogen (secondary N) is 1. The fourth-order valence-corrected chi connectivity index (χ4v) is 4.68. The van der Waals surface area contributed by atoms with Crippen molar-refractivity contribution in [2.45, 2.75) is 19.4 Å². The Balaban J connectivity index is 2.11. The molecule has 1 saturated heterocycles. The predicted octanol–water partition coefficient (Wildman–Crippen LogP) is 1.36. The standard InChI is InChI=1S/C16H21BrN2O5S/c1-11-9-12(3-4-14(11)17)18-15(20)16(21)19(6-7-24-2)13-5-8-25(22,23)10-13/h3-4,9,13H,5-8,10H2,1-2H3,(H,18,20). The number of hydrogen-bond acceptors (Lipinski definition) is 5. The van der Waals surface area contributed by atoms with E-state index in [1.54, 1.807) is 18.2 Å². The van der Waals surface area contributed by atoms with Gasteiger partial charge in [0.15, 0.2) is 9.84 Å². The quantitative estimate of drug-likeness (QED) is 0.708. The fraction of sp³-hybridized carbons (Fsp3) is 0.500. The van der Waals surface area contributed by atoms with E-state index in [4.69, 9.17) is 4.74 Å². The van der Waals surface area contributed by atoms with Crippen molar-refractivity contribution in [2.75, 3.05) is 37.1 Å². The highest BCUT2D eigenvalue weighted by Gasteiger charge is 2.36. The second kappa shape index (κ2) is 8.29. The molecule has 1 aromatic rings. The van der Waals surface area contributed by atoms with Gasteiger partial charge in [-0.15, -0.1) is 0 Å². The van der Waals surface area contributed by atoms with E-state index in [2.05, 4.69) is 21.2 Å². The Hall–Kier alpha value is -1.45. The minimum atomic E-state index is -3.17. The molecule has 7 nitrogen and oxygen atoms in total. The highest BCUT2D eigenvalue weighted by molar-refractivity contribution is 9.10. The van der Waals surface area contributed by atoms with E-state index in [0.717, 1.165) is 10.0 Å². The molecule has 0 saturated carbocycles. The van der Waals surface area contributed by atoms with Gasteiger partial charge in [0.05, 0.1) is 18.1 Å². The third-order valence-corrected chi connectivity index (χ3v) is 6.70. The highest BCUT2D eigenvalue weighted by Crippen LogP contribution is 2.21. The molecule has 2 amide bonds. The first-order valence-electron chi connectivity index (χ1n) is 7.81. The number of anilines is 1. The average molecular weight is 433 g/mol. The number of methoxy groups -OCH3 is 1. The monoisotopic (exact) mass is 432 g/mol. The molecule has 1 aromatic carbocycles. The summed E-state index contributed by atoms with van der Waals surface area (Å²) >= 11 is 3.37. The Morgan fingerprint density at radius 3 is 2.68 bits per heavy atom. The Morgan fingerprint density at radius 2 is 2.12 bits per heavy atom. The molecule has 0 bridgehead atoms. The van der Waals surface area contributed by atoms with Crippen LogP contribution in [-0.2, 0) is 24.2 Å². The number of ether oxygens (including phenoxy) is 1. The van der Waals surface area contributed by atoms with Gasteiger partial charge in [0, 0.05) is 29.9 Å². The van der Waals surface area contributed by atoms with Crippen LogP contribution in [-0.4, -0.2) is 62.9 Å². The van der Waals surface area contributed by atoms with Gasteiger partial charge in [-0.05, 0) is 37.1 Å². The first kappa shape index (κ1) is 19.9. The van der Waals surface area contributed by atoms with E-state index < -0.39 is 27.7 Å². The number of halogens is 1. The molecule has 1 aliphatic rings. The van der Waals surface area contributed by atoms with Crippen molar-refractivity contribution in [3.05, 3.63) is 28.2 Å². The molecule has 0 radical (unpaired) electrons. The van der Waals surface area contributed by atoms with Gasteiger partial charge in [0.1, 0.15) is 0 Å². The van der Waals surface area contributed by atoms with Crippen LogP contribution >= 0.6 is 15.9 Å². The van der Waals surface area contributed by atoms with Crippen LogP contribution in [0, 0.1) is 6.92 Å². The molecule has 138 valence electrons. The van der Waals surface area contributed by atoms with Gasteiger partial charge < -0.3 is 15.0 Å². The minimum absolute atomic E-state index is 0.0297. The molecule has 2 rings (SSSR count). The second-order valence-corrected chi connectivity index (χ2v) is 9.05. The van der Waals surface area contributed by atoms with Crippen molar-refractivity contribution in [2.24, 2.45) is 0 Å². The summed E-state index contributed by atoms with van der Waals surface area (Å²) in [6.07, 6.45) is 0.336. The van der Waals surface area contributed by atoms with Crippen molar-refractivity contribution >= 4 is 43.3 Å². The van der Waals surface area contributed by atoms with E-state index in [1.165, 1.54) is 12.0 Å². The summed E-state index contributed by atoms with van der Waals surface area (Å²) in [4.78, 5) is 26.2. The zero-order valence-corrected chi connectivity index (χ0v) is 16.5. The topological polar surface area (TPSA) is 92.8 Å². The van der Waals surface area contributed by atoms with Crippen molar-refractivity contribution in [3.63, 3.8) is 0 Å². The van der Waals surface area contributed by atoms with Gasteiger partial charge in [-0.25, -0.2) is 8.42 Å². The predicted molar refractivity (Wildman–Crippen MR) is 98.2 cm³/mol.